The van der Waals surface area contributed by atoms with Crippen molar-refractivity contribution in [1.29, 1.82) is 0 Å². The molecule has 0 aromatic carbocycles. The zero-order valence-electron chi connectivity index (χ0n) is 9.12. The van der Waals surface area contributed by atoms with Gasteiger partial charge < -0.3 is 10.4 Å². The highest BCUT2D eigenvalue weighted by atomic mass is 32.2. The van der Waals surface area contributed by atoms with Crippen molar-refractivity contribution in [2.75, 3.05) is 11.5 Å². The molecule has 2 rings (SSSR count). The first-order valence-electron chi connectivity index (χ1n) is 5.57. The molecule has 0 aromatic heterocycles. The predicted octanol–water partition coefficient (Wildman–Crippen LogP) is 1.63. The molecule has 3 heteroatoms. The maximum absolute atomic E-state index is 9.21. The Bertz CT molecular complexity index is 201. The van der Waals surface area contributed by atoms with E-state index in [2.05, 4.69) is 30.9 Å². The van der Waals surface area contributed by atoms with E-state index >= 15 is 0 Å². The number of rotatable bonds is 2. The van der Waals surface area contributed by atoms with Gasteiger partial charge in [-0.25, -0.2) is 0 Å². The molecule has 0 bridgehead atoms. The van der Waals surface area contributed by atoms with Crippen LogP contribution in [0.1, 0.15) is 33.1 Å². The van der Waals surface area contributed by atoms with Crippen LogP contribution in [0.5, 0.6) is 0 Å². The number of hydrogen-bond acceptors (Lipinski definition) is 3. The van der Waals surface area contributed by atoms with Crippen molar-refractivity contribution in [2.45, 2.75) is 51.3 Å². The van der Waals surface area contributed by atoms with Crippen LogP contribution in [0, 0.1) is 5.41 Å². The summed E-state index contributed by atoms with van der Waals surface area (Å²) in [5.41, 5.74) is 0.489. The monoisotopic (exact) mass is 215 g/mol. The molecule has 1 heterocycles. The van der Waals surface area contributed by atoms with Gasteiger partial charge in [0.15, 0.2) is 0 Å². The third kappa shape index (κ3) is 2.65. The van der Waals surface area contributed by atoms with Crippen LogP contribution in [0.3, 0.4) is 0 Å². The Hall–Kier alpha value is 0.270. The van der Waals surface area contributed by atoms with E-state index in [4.69, 9.17) is 0 Å². The van der Waals surface area contributed by atoms with Gasteiger partial charge in [0.25, 0.3) is 0 Å². The molecular weight excluding hydrogens is 194 g/mol. The molecule has 0 spiro atoms. The molecule has 2 fully saturated rings. The van der Waals surface area contributed by atoms with Gasteiger partial charge in [-0.2, -0.15) is 11.8 Å². The van der Waals surface area contributed by atoms with E-state index < -0.39 is 0 Å². The number of hydrogen-bond donors (Lipinski definition) is 2. The first-order valence-corrected chi connectivity index (χ1v) is 6.72. The highest BCUT2D eigenvalue weighted by Gasteiger charge is 2.33. The van der Waals surface area contributed by atoms with Gasteiger partial charge in [0.1, 0.15) is 0 Å². The van der Waals surface area contributed by atoms with Crippen molar-refractivity contribution in [3.8, 4) is 0 Å². The molecule has 1 atom stereocenters. The van der Waals surface area contributed by atoms with E-state index in [1.807, 2.05) is 0 Å². The van der Waals surface area contributed by atoms with Gasteiger partial charge in [-0.15, -0.1) is 0 Å². The highest BCUT2D eigenvalue weighted by Crippen LogP contribution is 2.34. The lowest BCUT2D eigenvalue weighted by atomic mass is 9.85. The smallest absolute Gasteiger partial charge is 0.0570 e. The summed E-state index contributed by atoms with van der Waals surface area (Å²) in [6, 6.07) is 1.26. The van der Waals surface area contributed by atoms with E-state index in [1.54, 1.807) is 0 Å². The van der Waals surface area contributed by atoms with Gasteiger partial charge in [-0.3, -0.25) is 0 Å². The second kappa shape index (κ2) is 4.03. The molecule has 82 valence electrons. The van der Waals surface area contributed by atoms with Gasteiger partial charge in [0.2, 0.25) is 0 Å². The Labute approximate surface area is 90.8 Å². The average Bonchev–Trinajstić information content (AvgIpc) is 1.99. The van der Waals surface area contributed by atoms with E-state index in [1.165, 1.54) is 17.9 Å². The molecule has 1 aliphatic carbocycles. The molecular formula is C11H21NOS. The molecule has 2 aliphatic rings. The minimum absolute atomic E-state index is 0.0308. The molecule has 1 aliphatic heterocycles. The van der Waals surface area contributed by atoms with Crippen molar-refractivity contribution in [3.05, 3.63) is 0 Å². The van der Waals surface area contributed by atoms with E-state index in [0.717, 1.165) is 12.8 Å². The molecule has 1 saturated carbocycles. The van der Waals surface area contributed by atoms with Crippen LogP contribution >= 0.6 is 11.8 Å². The van der Waals surface area contributed by atoms with Crippen molar-refractivity contribution < 1.29 is 5.11 Å². The first kappa shape index (κ1) is 10.8. The molecule has 0 aromatic rings. The lowest BCUT2D eigenvalue weighted by Gasteiger charge is -2.40. The third-order valence-corrected chi connectivity index (χ3v) is 4.82. The maximum Gasteiger partial charge on any atom is 0.0570 e. The molecule has 1 saturated heterocycles. The Kier molecular flexibility index (Phi) is 3.10. The Morgan fingerprint density at radius 1 is 1.29 bits per heavy atom. The Balaban J connectivity index is 1.75. The summed E-state index contributed by atoms with van der Waals surface area (Å²) < 4.78 is 0. The fraction of sp³-hybridized carbons (Fsp3) is 1.00. The lowest BCUT2D eigenvalue weighted by molar-refractivity contribution is 0.0563. The lowest BCUT2D eigenvalue weighted by Crippen LogP contribution is -2.51. The van der Waals surface area contributed by atoms with Gasteiger partial charge in [-0.1, -0.05) is 13.8 Å². The number of nitrogens with one attached hydrogen (secondary N) is 1. The minimum atomic E-state index is -0.0308. The molecule has 14 heavy (non-hydrogen) atoms. The van der Waals surface area contributed by atoms with Crippen LogP contribution in [0.4, 0.5) is 0 Å². The Morgan fingerprint density at radius 3 is 2.57 bits per heavy atom. The zero-order valence-corrected chi connectivity index (χ0v) is 9.94. The van der Waals surface area contributed by atoms with Crippen molar-refractivity contribution in [1.82, 2.24) is 5.32 Å². The number of aliphatic hydroxyl groups is 1. The average molecular weight is 215 g/mol. The summed E-state index contributed by atoms with van der Waals surface area (Å²) >= 11 is 2.06. The van der Waals surface area contributed by atoms with Gasteiger partial charge in [-0.05, 0) is 30.4 Å². The van der Waals surface area contributed by atoms with E-state index in [9.17, 15) is 5.11 Å². The second-order valence-electron chi connectivity index (χ2n) is 5.57. The van der Waals surface area contributed by atoms with Crippen LogP contribution in [-0.2, 0) is 0 Å². The normalized spacial score (nSPS) is 41.8. The zero-order chi connectivity index (χ0) is 10.2. The fourth-order valence-corrected chi connectivity index (χ4v) is 3.71. The van der Waals surface area contributed by atoms with Gasteiger partial charge >= 0.3 is 0 Å². The second-order valence-corrected chi connectivity index (χ2v) is 6.60. The van der Waals surface area contributed by atoms with E-state index in [-0.39, 0.29) is 6.10 Å². The Morgan fingerprint density at radius 2 is 2.00 bits per heavy atom. The van der Waals surface area contributed by atoms with Crippen LogP contribution < -0.4 is 5.32 Å². The molecule has 2 nitrogen and oxygen atoms in total. The minimum Gasteiger partial charge on any atom is -0.393 e. The van der Waals surface area contributed by atoms with Crippen molar-refractivity contribution in [3.63, 3.8) is 0 Å². The number of thioether (sulfide) groups is 1. The molecule has 1 unspecified atom stereocenters. The molecule has 0 amide bonds. The van der Waals surface area contributed by atoms with Gasteiger partial charge in [0.05, 0.1) is 6.10 Å². The SMILES string of the molecule is CC1(C)CSCC(NC2CC(O)C2)C1. The largest absolute Gasteiger partial charge is 0.393 e. The van der Waals surface area contributed by atoms with E-state index in [0.29, 0.717) is 17.5 Å². The quantitative estimate of drug-likeness (QED) is 0.734. The van der Waals surface area contributed by atoms with Crippen molar-refractivity contribution in [2.24, 2.45) is 5.41 Å². The third-order valence-electron chi connectivity index (χ3n) is 3.20. The summed E-state index contributed by atoms with van der Waals surface area (Å²) in [4.78, 5) is 0. The summed E-state index contributed by atoms with van der Waals surface area (Å²) in [6.07, 6.45) is 3.17. The highest BCUT2D eigenvalue weighted by molar-refractivity contribution is 7.99. The predicted molar refractivity (Wildman–Crippen MR) is 61.7 cm³/mol. The van der Waals surface area contributed by atoms with Crippen LogP contribution in [-0.4, -0.2) is 34.8 Å². The van der Waals surface area contributed by atoms with Crippen LogP contribution in [0.15, 0.2) is 0 Å². The molecule has 0 radical (unpaired) electrons. The summed E-state index contributed by atoms with van der Waals surface area (Å²) in [7, 11) is 0. The summed E-state index contributed by atoms with van der Waals surface area (Å²) in [5.74, 6) is 2.54. The fourth-order valence-electron chi connectivity index (χ4n) is 2.43. The topological polar surface area (TPSA) is 32.3 Å². The van der Waals surface area contributed by atoms with Gasteiger partial charge in [0, 0.05) is 17.8 Å². The maximum atomic E-state index is 9.21. The number of aliphatic hydroxyl groups excluding tert-OH is 1. The van der Waals surface area contributed by atoms with Crippen LogP contribution in [0.25, 0.3) is 0 Å². The van der Waals surface area contributed by atoms with Crippen molar-refractivity contribution >= 4 is 11.8 Å². The summed E-state index contributed by atoms with van der Waals surface area (Å²) in [5, 5.41) is 12.9. The summed E-state index contributed by atoms with van der Waals surface area (Å²) in [6.45, 7) is 4.70. The first-order chi connectivity index (χ1) is 6.55. The standard InChI is InChI=1S/C11H21NOS/c1-11(2)5-9(6-14-7-11)12-8-3-10(13)4-8/h8-10,12-13H,3-7H2,1-2H3. The van der Waals surface area contributed by atoms with Crippen LogP contribution in [0.2, 0.25) is 0 Å². The molecule has 2 N–H and O–H groups in total.